The van der Waals surface area contributed by atoms with E-state index in [1.807, 2.05) is 6.07 Å². The van der Waals surface area contributed by atoms with Gasteiger partial charge in [-0.25, -0.2) is 0 Å². The lowest BCUT2D eigenvalue weighted by molar-refractivity contribution is 1.32. The monoisotopic (exact) mass is 290 g/mol. The summed E-state index contributed by atoms with van der Waals surface area (Å²) in [7, 11) is 0. The summed E-state index contributed by atoms with van der Waals surface area (Å²) in [5.74, 6) is -0.412. The molecular weight excluding hydrogens is 284 g/mol. The number of nitrogens with two attached hydrogens (primary N) is 1. The zero-order valence-corrected chi connectivity index (χ0v) is 10.1. The van der Waals surface area contributed by atoms with Gasteiger partial charge in [0.15, 0.2) is 5.84 Å². The average Bonchev–Trinajstić information content (AvgIpc) is 2.31. The van der Waals surface area contributed by atoms with E-state index in [1.165, 1.54) is 0 Å². The summed E-state index contributed by atoms with van der Waals surface area (Å²) in [6.07, 6.45) is 0. The quantitative estimate of drug-likeness (QED) is 0.444. The average molecular weight is 291 g/mol. The van der Waals surface area contributed by atoms with Crippen molar-refractivity contribution in [1.29, 1.82) is 15.9 Å². The molecule has 0 unspecified atom stereocenters. The number of anilines is 1. The summed E-state index contributed by atoms with van der Waals surface area (Å²) < 4.78 is 0.626. The maximum Gasteiger partial charge on any atom is 0.201 e. The highest BCUT2D eigenvalue weighted by atomic mass is 79.9. The highest BCUT2D eigenvalue weighted by Crippen LogP contribution is 2.23. The van der Waals surface area contributed by atoms with Gasteiger partial charge in [0.05, 0.1) is 17.3 Å². The van der Waals surface area contributed by atoms with Gasteiger partial charge < -0.3 is 5.73 Å². The van der Waals surface area contributed by atoms with Crippen molar-refractivity contribution in [3.05, 3.63) is 28.2 Å². The van der Waals surface area contributed by atoms with Crippen molar-refractivity contribution in [2.75, 3.05) is 5.43 Å². The second-order valence-corrected chi connectivity index (χ2v) is 3.76. The van der Waals surface area contributed by atoms with Crippen LogP contribution >= 0.6 is 15.9 Å². The van der Waals surface area contributed by atoms with Gasteiger partial charge in [-0.05, 0) is 34.1 Å². The van der Waals surface area contributed by atoms with Gasteiger partial charge in [-0.15, -0.1) is 0 Å². The lowest BCUT2D eigenvalue weighted by Gasteiger charge is -2.03. The molecule has 0 saturated carbocycles. The lowest BCUT2D eigenvalue weighted by Crippen LogP contribution is -2.21. The Morgan fingerprint density at radius 2 is 2.18 bits per heavy atom. The van der Waals surface area contributed by atoms with Gasteiger partial charge in [0.2, 0.25) is 5.71 Å². The van der Waals surface area contributed by atoms with E-state index in [0.29, 0.717) is 15.7 Å². The van der Waals surface area contributed by atoms with Crippen LogP contribution < -0.4 is 11.2 Å². The lowest BCUT2D eigenvalue weighted by atomic mass is 10.2. The van der Waals surface area contributed by atoms with Crippen LogP contribution in [0.25, 0.3) is 0 Å². The third kappa shape index (κ3) is 3.30. The summed E-state index contributed by atoms with van der Waals surface area (Å²) in [4.78, 5) is 0. The standard InChI is InChI=1S/C10H7BrN6/c11-7-3-6(4-12)1-2-8(7)16-17-9(5-13)10(14)15/h1-3,16H,(H3,14,15)/b17-9+. The van der Waals surface area contributed by atoms with E-state index in [-0.39, 0.29) is 5.71 Å². The Balaban J connectivity index is 2.95. The third-order valence-electron chi connectivity index (χ3n) is 1.75. The number of hydrogen-bond acceptors (Lipinski definition) is 5. The fourth-order valence-corrected chi connectivity index (χ4v) is 1.40. The molecule has 0 heterocycles. The number of hydrogen-bond donors (Lipinski definition) is 3. The van der Waals surface area contributed by atoms with Gasteiger partial charge in [0.1, 0.15) is 6.07 Å². The molecule has 0 fully saturated rings. The van der Waals surface area contributed by atoms with Crippen LogP contribution in [0.5, 0.6) is 0 Å². The highest BCUT2D eigenvalue weighted by molar-refractivity contribution is 9.10. The van der Waals surface area contributed by atoms with E-state index in [9.17, 15) is 0 Å². The first-order chi connectivity index (χ1) is 8.08. The van der Waals surface area contributed by atoms with Crippen molar-refractivity contribution in [1.82, 2.24) is 0 Å². The van der Waals surface area contributed by atoms with Crippen molar-refractivity contribution < 1.29 is 0 Å². The fourth-order valence-electron chi connectivity index (χ4n) is 0.937. The molecular formula is C10H7BrN6. The van der Waals surface area contributed by atoms with Crippen molar-refractivity contribution in [3.63, 3.8) is 0 Å². The largest absolute Gasteiger partial charge is 0.382 e. The van der Waals surface area contributed by atoms with Crippen LogP contribution in [-0.4, -0.2) is 11.5 Å². The van der Waals surface area contributed by atoms with Crippen molar-refractivity contribution in [3.8, 4) is 12.1 Å². The minimum absolute atomic E-state index is 0.207. The molecule has 0 radical (unpaired) electrons. The molecule has 1 rings (SSSR count). The molecule has 0 aliphatic carbocycles. The molecule has 1 aromatic rings. The van der Waals surface area contributed by atoms with Crippen LogP contribution in [0.1, 0.15) is 5.56 Å². The molecule has 4 N–H and O–H groups in total. The number of amidine groups is 1. The number of nitriles is 2. The molecule has 0 bridgehead atoms. The van der Waals surface area contributed by atoms with Gasteiger partial charge in [-0.2, -0.15) is 15.6 Å². The summed E-state index contributed by atoms with van der Waals surface area (Å²) in [5.41, 5.74) is 8.57. The van der Waals surface area contributed by atoms with Gasteiger partial charge in [-0.3, -0.25) is 10.8 Å². The first kappa shape index (κ1) is 12.7. The molecule has 0 amide bonds. The first-order valence-corrected chi connectivity index (χ1v) is 5.15. The van der Waals surface area contributed by atoms with Crippen molar-refractivity contribution in [2.24, 2.45) is 10.8 Å². The van der Waals surface area contributed by atoms with E-state index >= 15 is 0 Å². The smallest absolute Gasteiger partial charge is 0.201 e. The fraction of sp³-hybridized carbons (Fsp3) is 0. The van der Waals surface area contributed by atoms with Crippen LogP contribution in [0.2, 0.25) is 0 Å². The Morgan fingerprint density at radius 3 is 2.65 bits per heavy atom. The van der Waals surface area contributed by atoms with Gasteiger partial charge in [-0.1, -0.05) is 0 Å². The predicted octanol–water partition coefficient (Wildman–Crippen LogP) is 1.55. The molecule has 6 nitrogen and oxygen atoms in total. The number of hydrazone groups is 1. The molecule has 0 aliphatic heterocycles. The van der Waals surface area contributed by atoms with E-state index in [1.54, 1.807) is 24.3 Å². The normalized spacial score (nSPS) is 10.2. The van der Waals surface area contributed by atoms with Crippen LogP contribution in [0.4, 0.5) is 5.69 Å². The van der Waals surface area contributed by atoms with Crippen LogP contribution in [0.3, 0.4) is 0 Å². The number of benzene rings is 1. The molecule has 0 atom stereocenters. The third-order valence-corrected chi connectivity index (χ3v) is 2.40. The Hall–Kier alpha value is -2.38. The summed E-state index contributed by atoms with van der Waals surface area (Å²) in [5, 5.41) is 28.0. The van der Waals surface area contributed by atoms with E-state index in [0.717, 1.165) is 0 Å². The minimum Gasteiger partial charge on any atom is -0.382 e. The number of rotatable bonds is 3. The maximum absolute atomic E-state index is 8.68. The summed E-state index contributed by atoms with van der Waals surface area (Å²) in [6, 6.07) is 8.51. The van der Waals surface area contributed by atoms with Crippen LogP contribution in [0.15, 0.2) is 27.8 Å². The maximum atomic E-state index is 8.68. The number of nitrogens with one attached hydrogen (secondary N) is 2. The highest BCUT2D eigenvalue weighted by Gasteiger charge is 2.03. The molecule has 84 valence electrons. The van der Waals surface area contributed by atoms with Crippen molar-refractivity contribution >= 4 is 33.2 Å². The van der Waals surface area contributed by atoms with E-state index < -0.39 is 5.84 Å². The van der Waals surface area contributed by atoms with E-state index in [2.05, 4.69) is 26.5 Å². The zero-order valence-electron chi connectivity index (χ0n) is 8.53. The van der Waals surface area contributed by atoms with Gasteiger partial charge in [0, 0.05) is 4.47 Å². The second kappa shape index (κ2) is 5.64. The molecule has 0 spiro atoms. The predicted molar refractivity (Wildman–Crippen MR) is 67.4 cm³/mol. The Morgan fingerprint density at radius 1 is 1.47 bits per heavy atom. The Bertz CT molecular complexity index is 563. The van der Waals surface area contributed by atoms with Crippen LogP contribution in [0, 0.1) is 28.1 Å². The SMILES string of the molecule is N#C/C(=N\Nc1ccc(C#N)cc1Br)C(=N)N. The van der Waals surface area contributed by atoms with E-state index in [4.69, 9.17) is 21.7 Å². The molecule has 7 heteroatoms. The number of nitrogens with zero attached hydrogens (tertiary/aromatic N) is 3. The topological polar surface area (TPSA) is 122 Å². The Labute approximate surface area is 106 Å². The van der Waals surface area contributed by atoms with Crippen LogP contribution in [-0.2, 0) is 0 Å². The Kier molecular flexibility index (Phi) is 4.21. The van der Waals surface area contributed by atoms with Crippen molar-refractivity contribution in [2.45, 2.75) is 0 Å². The summed E-state index contributed by atoms with van der Waals surface area (Å²) >= 11 is 3.25. The van der Waals surface area contributed by atoms with Gasteiger partial charge in [0.25, 0.3) is 0 Å². The molecule has 0 aromatic heterocycles. The molecule has 0 aliphatic rings. The number of halogens is 1. The molecule has 17 heavy (non-hydrogen) atoms. The molecule has 0 saturated heterocycles. The molecule has 1 aromatic carbocycles. The van der Waals surface area contributed by atoms with Gasteiger partial charge >= 0.3 is 0 Å². The first-order valence-electron chi connectivity index (χ1n) is 4.36. The zero-order chi connectivity index (χ0) is 12.8. The second-order valence-electron chi connectivity index (χ2n) is 2.90. The summed E-state index contributed by atoms with van der Waals surface area (Å²) in [6.45, 7) is 0. The minimum atomic E-state index is -0.412.